The number of hydrogen-bond donors (Lipinski definition) is 3. The first kappa shape index (κ1) is 22.5. The van der Waals surface area contributed by atoms with E-state index in [0.29, 0.717) is 35.7 Å². The molecule has 0 aliphatic heterocycles. The van der Waals surface area contributed by atoms with Crippen LogP contribution in [0.1, 0.15) is 50.5 Å². The van der Waals surface area contributed by atoms with Crippen molar-refractivity contribution in [1.82, 2.24) is 10.6 Å². The van der Waals surface area contributed by atoms with E-state index in [1.54, 1.807) is 7.05 Å². The number of carbonyl (C=O) groups excluding carboxylic acids is 1. The van der Waals surface area contributed by atoms with Crippen molar-refractivity contribution < 1.29 is 9.53 Å². The molecule has 1 aromatic carbocycles. The monoisotopic (exact) mass is 408 g/mol. The molecule has 7 heteroatoms. The summed E-state index contributed by atoms with van der Waals surface area (Å²) < 4.78 is 5.92. The molecular formula is C21H33ClN4O2. The number of carbonyl (C=O) groups is 1. The Morgan fingerprint density at radius 1 is 1.21 bits per heavy atom. The molecule has 1 aliphatic rings. The van der Waals surface area contributed by atoms with Crippen LogP contribution in [0.4, 0.5) is 5.69 Å². The lowest BCUT2D eigenvalue weighted by Gasteiger charge is -2.22. The van der Waals surface area contributed by atoms with Crippen LogP contribution in [0.3, 0.4) is 0 Å². The van der Waals surface area contributed by atoms with Crippen molar-refractivity contribution in [2.45, 2.75) is 58.0 Å². The molecule has 156 valence electrons. The molecular weight excluding hydrogens is 376 g/mol. The second-order valence-electron chi connectivity index (χ2n) is 7.19. The quantitative estimate of drug-likeness (QED) is 0.329. The number of nitrogens with one attached hydrogen (secondary N) is 3. The van der Waals surface area contributed by atoms with E-state index in [1.165, 1.54) is 32.1 Å². The third kappa shape index (κ3) is 8.48. The number of ether oxygens (including phenoxy) is 1. The Kier molecular flexibility index (Phi) is 10.1. The smallest absolute Gasteiger partial charge is 0.226 e. The van der Waals surface area contributed by atoms with Gasteiger partial charge in [-0.1, -0.05) is 36.9 Å². The summed E-state index contributed by atoms with van der Waals surface area (Å²) >= 11 is 6.14. The van der Waals surface area contributed by atoms with E-state index in [4.69, 9.17) is 16.3 Å². The number of hydrogen-bond acceptors (Lipinski definition) is 3. The van der Waals surface area contributed by atoms with Crippen molar-refractivity contribution in [2.24, 2.45) is 4.99 Å². The summed E-state index contributed by atoms with van der Waals surface area (Å²) in [6, 6.07) is 5.57. The number of nitrogens with zero attached hydrogens (tertiary/aromatic N) is 1. The summed E-state index contributed by atoms with van der Waals surface area (Å²) in [6.07, 6.45) is 8.05. The van der Waals surface area contributed by atoms with Crippen molar-refractivity contribution in [3.05, 3.63) is 28.8 Å². The molecule has 0 bridgehead atoms. The Morgan fingerprint density at radius 3 is 2.68 bits per heavy atom. The molecule has 0 radical (unpaired) electrons. The molecule has 28 heavy (non-hydrogen) atoms. The summed E-state index contributed by atoms with van der Waals surface area (Å²) in [4.78, 5) is 16.3. The molecule has 1 aliphatic carbocycles. The average molecular weight is 409 g/mol. The molecule has 1 fully saturated rings. The van der Waals surface area contributed by atoms with E-state index in [0.717, 1.165) is 25.1 Å². The largest absolute Gasteiger partial charge is 0.378 e. The minimum atomic E-state index is -0.0883. The maximum atomic E-state index is 12.1. The van der Waals surface area contributed by atoms with Gasteiger partial charge in [0.25, 0.3) is 0 Å². The molecule has 0 heterocycles. The fourth-order valence-electron chi connectivity index (χ4n) is 3.21. The van der Waals surface area contributed by atoms with Gasteiger partial charge in [0.15, 0.2) is 5.96 Å². The predicted molar refractivity (Wildman–Crippen MR) is 116 cm³/mol. The molecule has 0 spiro atoms. The van der Waals surface area contributed by atoms with Crippen LogP contribution >= 0.6 is 11.6 Å². The number of anilines is 1. The lowest BCUT2D eigenvalue weighted by molar-refractivity contribution is -0.116. The van der Waals surface area contributed by atoms with Gasteiger partial charge in [0, 0.05) is 33.2 Å². The summed E-state index contributed by atoms with van der Waals surface area (Å²) in [5, 5.41) is 9.79. The first-order valence-electron chi connectivity index (χ1n) is 10.2. The number of benzene rings is 1. The zero-order valence-electron chi connectivity index (χ0n) is 17.0. The van der Waals surface area contributed by atoms with Crippen LogP contribution in [-0.2, 0) is 9.53 Å². The molecule has 1 amide bonds. The first-order chi connectivity index (χ1) is 13.6. The third-order valence-corrected chi connectivity index (χ3v) is 5.10. The Bertz CT molecular complexity index is 645. The van der Waals surface area contributed by atoms with Crippen LogP contribution in [0.2, 0.25) is 5.02 Å². The lowest BCUT2D eigenvalue weighted by Crippen LogP contribution is -2.39. The highest BCUT2D eigenvalue weighted by Gasteiger charge is 2.13. The first-order valence-corrected chi connectivity index (χ1v) is 10.6. The molecule has 2 rings (SSSR count). The van der Waals surface area contributed by atoms with E-state index in [2.05, 4.69) is 20.9 Å². The van der Waals surface area contributed by atoms with Gasteiger partial charge in [0.2, 0.25) is 5.91 Å². The van der Waals surface area contributed by atoms with Gasteiger partial charge in [0.05, 0.1) is 16.8 Å². The number of aliphatic imine (C=N–C) groups is 1. The van der Waals surface area contributed by atoms with E-state index in [9.17, 15) is 4.79 Å². The summed E-state index contributed by atoms with van der Waals surface area (Å²) in [6.45, 7) is 4.02. The number of guanidine groups is 1. The van der Waals surface area contributed by atoms with Crippen LogP contribution in [0, 0.1) is 6.92 Å². The van der Waals surface area contributed by atoms with Crippen molar-refractivity contribution in [3.63, 3.8) is 0 Å². The Labute approximate surface area is 173 Å². The number of rotatable bonds is 9. The van der Waals surface area contributed by atoms with Gasteiger partial charge in [-0.3, -0.25) is 9.79 Å². The summed E-state index contributed by atoms with van der Waals surface area (Å²) in [7, 11) is 1.72. The van der Waals surface area contributed by atoms with Crippen LogP contribution < -0.4 is 16.0 Å². The molecule has 0 aromatic heterocycles. The maximum absolute atomic E-state index is 12.1. The zero-order valence-corrected chi connectivity index (χ0v) is 17.8. The number of amides is 1. The van der Waals surface area contributed by atoms with Crippen molar-refractivity contribution >= 4 is 29.2 Å². The Hall–Kier alpha value is -1.79. The zero-order chi connectivity index (χ0) is 20.2. The van der Waals surface area contributed by atoms with Crippen LogP contribution in [0.15, 0.2) is 23.2 Å². The van der Waals surface area contributed by atoms with Gasteiger partial charge >= 0.3 is 0 Å². The molecule has 0 atom stereocenters. The molecule has 1 aromatic rings. The van der Waals surface area contributed by atoms with Crippen LogP contribution in [-0.4, -0.2) is 44.7 Å². The number of halogens is 1. The van der Waals surface area contributed by atoms with Gasteiger partial charge in [-0.2, -0.15) is 0 Å². The normalized spacial score (nSPS) is 15.3. The van der Waals surface area contributed by atoms with Crippen LogP contribution in [0.25, 0.3) is 0 Å². The Morgan fingerprint density at radius 2 is 1.96 bits per heavy atom. The minimum Gasteiger partial charge on any atom is -0.378 e. The summed E-state index contributed by atoms with van der Waals surface area (Å²) in [5.74, 6) is 0.605. The van der Waals surface area contributed by atoms with Crippen molar-refractivity contribution in [1.29, 1.82) is 0 Å². The van der Waals surface area contributed by atoms with Gasteiger partial charge < -0.3 is 20.7 Å². The number of aryl methyl sites for hydroxylation is 1. The summed E-state index contributed by atoms with van der Waals surface area (Å²) in [5.41, 5.74) is 1.70. The molecule has 1 saturated carbocycles. The van der Waals surface area contributed by atoms with Gasteiger partial charge in [-0.15, -0.1) is 0 Å². The highest BCUT2D eigenvalue weighted by molar-refractivity contribution is 6.33. The average Bonchev–Trinajstić information content (AvgIpc) is 2.69. The minimum absolute atomic E-state index is 0.0883. The second kappa shape index (κ2) is 12.6. The van der Waals surface area contributed by atoms with E-state index in [1.807, 2.05) is 25.1 Å². The molecule has 6 nitrogen and oxygen atoms in total. The third-order valence-electron chi connectivity index (χ3n) is 4.79. The maximum Gasteiger partial charge on any atom is 0.226 e. The van der Waals surface area contributed by atoms with E-state index < -0.39 is 0 Å². The molecule has 3 N–H and O–H groups in total. The lowest BCUT2D eigenvalue weighted by atomic mass is 9.98. The topological polar surface area (TPSA) is 74.8 Å². The fraction of sp³-hybridized carbons (Fsp3) is 0.619. The van der Waals surface area contributed by atoms with Crippen molar-refractivity contribution in [2.75, 3.05) is 32.1 Å². The van der Waals surface area contributed by atoms with Gasteiger partial charge in [0.1, 0.15) is 0 Å². The predicted octanol–water partition coefficient (Wildman–Crippen LogP) is 3.88. The standard InChI is InChI=1S/C21H33ClN4O2/c1-16-9-10-19(18(22)15-16)26-20(27)11-13-25-21(23-2)24-12-6-14-28-17-7-4-3-5-8-17/h9-10,15,17H,3-8,11-14H2,1-2H3,(H,26,27)(H2,23,24,25). The molecule has 0 saturated heterocycles. The van der Waals surface area contributed by atoms with Crippen molar-refractivity contribution in [3.8, 4) is 0 Å². The van der Waals surface area contributed by atoms with Gasteiger partial charge in [-0.05, 0) is 43.9 Å². The highest BCUT2D eigenvalue weighted by atomic mass is 35.5. The fourth-order valence-corrected chi connectivity index (χ4v) is 3.49. The highest BCUT2D eigenvalue weighted by Crippen LogP contribution is 2.22. The van der Waals surface area contributed by atoms with E-state index >= 15 is 0 Å². The second-order valence-corrected chi connectivity index (χ2v) is 7.60. The molecule has 0 unspecified atom stereocenters. The Balaban J connectivity index is 1.56. The van der Waals surface area contributed by atoms with Gasteiger partial charge in [-0.25, -0.2) is 0 Å². The SMILES string of the molecule is CN=C(NCCCOC1CCCCC1)NCCC(=O)Nc1ccc(C)cc1Cl. The van der Waals surface area contributed by atoms with E-state index in [-0.39, 0.29) is 5.91 Å². The van der Waals surface area contributed by atoms with Crippen LogP contribution in [0.5, 0.6) is 0 Å².